The quantitative estimate of drug-likeness (QED) is 0.738. The Morgan fingerprint density at radius 1 is 1.28 bits per heavy atom. The zero-order chi connectivity index (χ0) is 17.5. The van der Waals surface area contributed by atoms with Crippen molar-refractivity contribution in [2.24, 2.45) is 0 Å². The molecule has 0 spiro atoms. The summed E-state index contributed by atoms with van der Waals surface area (Å²) in [4.78, 5) is 2.45. The van der Waals surface area contributed by atoms with Gasteiger partial charge in [-0.2, -0.15) is 0 Å². The van der Waals surface area contributed by atoms with Crippen LogP contribution in [0.15, 0.2) is 24.3 Å². The first-order valence-corrected chi connectivity index (χ1v) is 9.67. The maximum atomic E-state index is 10.7. The highest BCUT2D eigenvalue weighted by molar-refractivity contribution is 5.27. The van der Waals surface area contributed by atoms with E-state index in [4.69, 9.17) is 9.47 Å². The molecule has 3 rings (SSSR count). The van der Waals surface area contributed by atoms with Crippen molar-refractivity contribution in [1.29, 1.82) is 0 Å². The van der Waals surface area contributed by atoms with E-state index in [1.165, 1.54) is 5.56 Å². The number of nitrogens with one attached hydrogen (secondary N) is 1. The number of hydrogen-bond acceptors (Lipinski definition) is 5. The largest absolute Gasteiger partial charge is 0.488 e. The van der Waals surface area contributed by atoms with E-state index in [1.807, 2.05) is 18.2 Å². The second-order valence-corrected chi connectivity index (χ2v) is 7.26. The molecule has 1 saturated heterocycles. The van der Waals surface area contributed by atoms with Crippen LogP contribution in [0.4, 0.5) is 0 Å². The van der Waals surface area contributed by atoms with Gasteiger partial charge in [-0.25, -0.2) is 0 Å². The second-order valence-electron chi connectivity index (χ2n) is 7.26. The Labute approximate surface area is 151 Å². The molecule has 1 saturated carbocycles. The molecule has 2 aliphatic rings. The Morgan fingerprint density at radius 3 is 2.92 bits per heavy atom. The zero-order valence-corrected chi connectivity index (χ0v) is 15.3. The fourth-order valence-corrected chi connectivity index (χ4v) is 3.77. The van der Waals surface area contributed by atoms with Crippen LogP contribution in [-0.2, 0) is 4.74 Å². The Kier molecular flexibility index (Phi) is 7.11. The molecular formula is C20H32N2O3. The van der Waals surface area contributed by atoms with Crippen LogP contribution in [0.25, 0.3) is 0 Å². The molecule has 0 amide bonds. The Bertz CT molecular complexity index is 519. The highest BCUT2D eigenvalue weighted by atomic mass is 16.5. The third-order valence-corrected chi connectivity index (χ3v) is 5.24. The van der Waals surface area contributed by atoms with Gasteiger partial charge in [0.05, 0.1) is 13.2 Å². The number of aliphatic hydroxyl groups excluding tert-OH is 1. The molecule has 3 atom stereocenters. The van der Waals surface area contributed by atoms with E-state index in [0.717, 1.165) is 70.8 Å². The molecule has 1 heterocycles. The molecule has 1 aliphatic carbocycles. The van der Waals surface area contributed by atoms with E-state index in [9.17, 15) is 5.11 Å². The highest BCUT2D eigenvalue weighted by Crippen LogP contribution is 2.25. The number of benzene rings is 1. The normalized spacial score (nSPS) is 28.0. The molecule has 5 heteroatoms. The first kappa shape index (κ1) is 18.6. The first-order valence-electron chi connectivity index (χ1n) is 9.67. The third-order valence-electron chi connectivity index (χ3n) is 5.24. The number of aryl methyl sites for hydroxylation is 1. The number of hydrogen-bond donors (Lipinski definition) is 2. The van der Waals surface area contributed by atoms with Gasteiger partial charge in [-0.15, -0.1) is 0 Å². The average molecular weight is 348 g/mol. The van der Waals surface area contributed by atoms with Crippen LogP contribution in [-0.4, -0.2) is 67.6 Å². The van der Waals surface area contributed by atoms with Gasteiger partial charge in [0.1, 0.15) is 18.0 Å². The number of aliphatic hydroxyl groups is 1. The lowest BCUT2D eigenvalue weighted by Gasteiger charge is -2.35. The van der Waals surface area contributed by atoms with Gasteiger partial charge >= 0.3 is 0 Å². The van der Waals surface area contributed by atoms with E-state index in [2.05, 4.69) is 23.2 Å². The Morgan fingerprint density at radius 2 is 2.12 bits per heavy atom. The van der Waals surface area contributed by atoms with Gasteiger partial charge in [0, 0.05) is 19.1 Å². The van der Waals surface area contributed by atoms with Crippen molar-refractivity contribution >= 4 is 0 Å². The summed E-state index contributed by atoms with van der Waals surface area (Å²) in [6.45, 7) is 7.89. The van der Waals surface area contributed by atoms with Crippen LogP contribution in [0, 0.1) is 6.92 Å². The molecule has 1 aliphatic heterocycles. The van der Waals surface area contributed by atoms with E-state index in [1.54, 1.807) is 0 Å². The fraction of sp³-hybridized carbons (Fsp3) is 0.700. The summed E-state index contributed by atoms with van der Waals surface area (Å²) >= 11 is 0. The van der Waals surface area contributed by atoms with Gasteiger partial charge in [-0.1, -0.05) is 12.1 Å². The summed E-state index contributed by atoms with van der Waals surface area (Å²) in [6.07, 6.45) is 3.57. The van der Waals surface area contributed by atoms with E-state index in [0.29, 0.717) is 0 Å². The molecule has 5 nitrogen and oxygen atoms in total. The zero-order valence-electron chi connectivity index (χ0n) is 15.3. The molecule has 0 aromatic heterocycles. The predicted molar refractivity (Wildman–Crippen MR) is 99.1 cm³/mol. The minimum atomic E-state index is -0.447. The lowest BCUT2D eigenvalue weighted by molar-refractivity contribution is -0.0156. The van der Waals surface area contributed by atoms with Crippen molar-refractivity contribution in [2.75, 3.05) is 39.4 Å². The topological polar surface area (TPSA) is 54.0 Å². The van der Waals surface area contributed by atoms with Gasteiger partial charge in [0.15, 0.2) is 0 Å². The van der Waals surface area contributed by atoms with Crippen LogP contribution < -0.4 is 10.1 Å². The number of morpholine rings is 1. The maximum absolute atomic E-state index is 10.7. The Hall–Kier alpha value is -1.14. The van der Waals surface area contributed by atoms with Crippen molar-refractivity contribution < 1.29 is 14.6 Å². The lowest BCUT2D eigenvalue weighted by atomic mass is 9.89. The molecule has 0 bridgehead atoms. The first-order chi connectivity index (χ1) is 12.2. The van der Waals surface area contributed by atoms with E-state index in [-0.39, 0.29) is 12.1 Å². The molecule has 2 N–H and O–H groups in total. The van der Waals surface area contributed by atoms with Crippen LogP contribution in [0.3, 0.4) is 0 Å². The molecule has 1 aromatic carbocycles. The minimum absolute atomic E-state index is 0.118. The highest BCUT2D eigenvalue weighted by Gasteiger charge is 2.33. The van der Waals surface area contributed by atoms with E-state index < -0.39 is 6.10 Å². The van der Waals surface area contributed by atoms with Gasteiger partial charge < -0.3 is 19.9 Å². The van der Waals surface area contributed by atoms with Crippen LogP contribution >= 0.6 is 0 Å². The summed E-state index contributed by atoms with van der Waals surface area (Å²) in [7, 11) is 0. The summed E-state index contributed by atoms with van der Waals surface area (Å²) in [6, 6.07) is 8.20. The van der Waals surface area contributed by atoms with Crippen molar-refractivity contribution in [3.63, 3.8) is 0 Å². The number of rotatable bonds is 7. The van der Waals surface area contributed by atoms with Gasteiger partial charge in [0.25, 0.3) is 0 Å². The summed E-state index contributed by atoms with van der Waals surface area (Å²) in [5.41, 5.74) is 1.18. The molecule has 1 aromatic rings. The molecule has 2 fully saturated rings. The molecule has 0 radical (unpaired) electrons. The number of nitrogens with zero attached hydrogens (tertiary/aromatic N) is 1. The van der Waals surface area contributed by atoms with Crippen LogP contribution in [0.5, 0.6) is 5.75 Å². The van der Waals surface area contributed by atoms with Crippen LogP contribution in [0.2, 0.25) is 0 Å². The minimum Gasteiger partial charge on any atom is -0.488 e. The van der Waals surface area contributed by atoms with E-state index >= 15 is 0 Å². The predicted octanol–water partition coefficient (Wildman–Crippen LogP) is 1.97. The van der Waals surface area contributed by atoms with Gasteiger partial charge in [0.2, 0.25) is 0 Å². The monoisotopic (exact) mass is 348 g/mol. The standard InChI is InChI=1S/C20H32N2O3/c1-16-5-2-6-17(15-16)25-19-8-3-7-18(20(19)23)21-9-4-10-22-11-13-24-14-12-22/h2,5-6,15,18-21,23H,3-4,7-14H2,1H3/t18-,19+,20+/m0/s1. The Balaban J connectivity index is 1.41. The van der Waals surface area contributed by atoms with Crippen LogP contribution in [0.1, 0.15) is 31.2 Å². The molecule has 25 heavy (non-hydrogen) atoms. The summed E-state index contributed by atoms with van der Waals surface area (Å²) in [5.74, 6) is 0.858. The fourth-order valence-electron chi connectivity index (χ4n) is 3.77. The molecule has 140 valence electrons. The van der Waals surface area contributed by atoms with Gasteiger partial charge in [-0.05, 0) is 63.4 Å². The van der Waals surface area contributed by atoms with Crippen molar-refractivity contribution in [2.45, 2.75) is 50.9 Å². The van der Waals surface area contributed by atoms with Gasteiger partial charge in [-0.3, -0.25) is 4.90 Å². The number of ether oxygens (including phenoxy) is 2. The smallest absolute Gasteiger partial charge is 0.126 e. The summed E-state index contributed by atoms with van der Waals surface area (Å²) < 4.78 is 11.4. The maximum Gasteiger partial charge on any atom is 0.126 e. The average Bonchev–Trinajstić information content (AvgIpc) is 2.62. The molecule has 0 unspecified atom stereocenters. The lowest BCUT2D eigenvalue weighted by Crippen LogP contribution is -2.51. The summed E-state index contributed by atoms with van der Waals surface area (Å²) in [5, 5.41) is 14.2. The van der Waals surface area contributed by atoms with Crippen molar-refractivity contribution in [1.82, 2.24) is 10.2 Å². The third kappa shape index (κ3) is 5.68. The van der Waals surface area contributed by atoms with Crippen molar-refractivity contribution in [3.05, 3.63) is 29.8 Å². The molecular weight excluding hydrogens is 316 g/mol. The second kappa shape index (κ2) is 9.53. The van der Waals surface area contributed by atoms with Crippen molar-refractivity contribution in [3.8, 4) is 5.75 Å². The SMILES string of the molecule is Cc1cccc(O[C@@H]2CCC[C@H](NCCCN3CCOCC3)[C@H]2O)c1.